The number of nitrogens with one attached hydrogen (secondary N) is 1. The zero-order chi connectivity index (χ0) is 12.0. The molecule has 90 valence electrons. The van der Waals surface area contributed by atoms with Crippen molar-refractivity contribution in [3.63, 3.8) is 0 Å². The summed E-state index contributed by atoms with van der Waals surface area (Å²) in [5.74, 6) is 1.12. The van der Waals surface area contributed by atoms with Crippen LogP contribution in [-0.4, -0.2) is 16.6 Å². The highest BCUT2D eigenvalue weighted by molar-refractivity contribution is 6.31. The van der Waals surface area contributed by atoms with E-state index in [4.69, 9.17) is 16.6 Å². The number of aromatic nitrogens is 2. The van der Waals surface area contributed by atoms with Crippen LogP contribution in [0.1, 0.15) is 37.7 Å². The number of hydrogen-bond donors (Lipinski definition) is 1. The Kier molecular flexibility index (Phi) is 2.60. The minimum absolute atomic E-state index is 0.266. The lowest BCUT2D eigenvalue weighted by Gasteiger charge is -2.13. The minimum atomic E-state index is 0.266. The van der Waals surface area contributed by atoms with Gasteiger partial charge in [0.15, 0.2) is 0 Å². The highest BCUT2D eigenvalue weighted by Crippen LogP contribution is 2.40. The predicted octanol–water partition coefficient (Wildman–Crippen LogP) is 3.31. The van der Waals surface area contributed by atoms with Crippen LogP contribution in [0.15, 0.2) is 18.2 Å². The summed E-state index contributed by atoms with van der Waals surface area (Å²) in [4.78, 5) is 4.72. The summed E-state index contributed by atoms with van der Waals surface area (Å²) in [6, 6.07) is 6.86. The molecule has 1 aromatic heterocycles. The van der Waals surface area contributed by atoms with Gasteiger partial charge in [0.25, 0.3) is 0 Å². The SMILES string of the molecule is CNC(C)c1nc2cc(Cl)ccc2n1C1CC1. The molecule has 1 N–H and O–H groups in total. The summed E-state index contributed by atoms with van der Waals surface area (Å²) in [6.45, 7) is 2.14. The standard InChI is InChI=1S/C13H16ClN3/c1-8(15-2)13-16-11-7-9(14)3-6-12(11)17(13)10-4-5-10/h3,6-8,10,15H,4-5H2,1-2H3. The van der Waals surface area contributed by atoms with Gasteiger partial charge in [0.1, 0.15) is 5.82 Å². The Labute approximate surface area is 106 Å². The van der Waals surface area contributed by atoms with Gasteiger partial charge in [-0.1, -0.05) is 11.6 Å². The number of rotatable bonds is 3. The van der Waals surface area contributed by atoms with Crippen molar-refractivity contribution in [1.29, 1.82) is 0 Å². The van der Waals surface area contributed by atoms with E-state index >= 15 is 0 Å². The Morgan fingerprint density at radius 3 is 2.88 bits per heavy atom. The normalized spacial score (nSPS) is 17.6. The number of halogens is 1. The Balaban J connectivity index is 2.22. The third-order valence-corrected chi connectivity index (χ3v) is 3.65. The van der Waals surface area contributed by atoms with Crippen LogP contribution in [-0.2, 0) is 0 Å². The molecule has 3 rings (SSSR count). The van der Waals surface area contributed by atoms with Gasteiger partial charge in [-0.15, -0.1) is 0 Å². The molecule has 0 bridgehead atoms. The van der Waals surface area contributed by atoms with Crippen LogP contribution in [0.5, 0.6) is 0 Å². The molecule has 1 saturated carbocycles. The molecular weight excluding hydrogens is 234 g/mol. The zero-order valence-corrected chi connectivity index (χ0v) is 10.8. The molecule has 4 heteroatoms. The molecular formula is C13H16ClN3. The molecule has 0 amide bonds. The molecule has 3 nitrogen and oxygen atoms in total. The van der Waals surface area contributed by atoms with Crippen molar-refractivity contribution in [2.75, 3.05) is 7.05 Å². The van der Waals surface area contributed by atoms with Crippen molar-refractivity contribution < 1.29 is 0 Å². The lowest BCUT2D eigenvalue weighted by Crippen LogP contribution is -2.17. The molecule has 1 aliphatic rings. The average Bonchev–Trinajstić information content (AvgIpc) is 3.09. The van der Waals surface area contributed by atoms with Gasteiger partial charge in [-0.25, -0.2) is 4.98 Å². The first-order valence-corrected chi connectivity index (χ1v) is 6.43. The average molecular weight is 250 g/mol. The van der Waals surface area contributed by atoms with Gasteiger partial charge >= 0.3 is 0 Å². The number of fused-ring (bicyclic) bond motifs is 1. The van der Waals surface area contributed by atoms with E-state index in [1.807, 2.05) is 19.2 Å². The maximum Gasteiger partial charge on any atom is 0.127 e. The number of benzene rings is 1. The monoisotopic (exact) mass is 249 g/mol. The van der Waals surface area contributed by atoms with E-state index in [9.17, 15) is 0 Å². The van der Waals surface area contributed by atoms with Crippen LogP contribution in [0, 0.1) is 0 Å². The van der Waals surface area contributed by atoms with Gasteiger partial charge in [-0.3, -0.25) is 0 Å². The van der Waals surface area contributed by atoms with E-state index in [0.29, 0.717) is 6.04 Å². The summed E-state index contributed by atoms with van der Waals surface area (Å²) in [5.41, 5.74) is 2.20. The minimum Gasteiger partial charge on any atom is -0.324 e. The molecule has 2 aromatic rings. The zero-order valence-electron chi connectivity index (χ0n) is 10.1. The third kappa shape index (κ3) is 1.83. The Hall–Kier alpha value is -1.06. The molecule has 1 aliphatic carbocycles. The highest BCUT2D eigenvalue weighted by Gasteiger charge is 2.29. The van der Waals surface area contributed by atoms with E-state index in [0.717, 1.165) is 16.4 Å². The van der Waals surface area contributed by atoms with Crippen molar-refractivity contribution in [2.24, 2.45) is 0 Å². The molecule has 1 unspecified atom stereocenters. The van der Waals surface area contributed by atoms with Gasteiger partial charge in [-0.2, -0.15) is 0 Å². The van der Waals surface area contributed by atoms with Crippen LogP contribution in [0.2, 0.25) is 5.02 Å². The number of imidazole rings is 1. The maximum absolute atomic E-state index is 6.02. The number of hydrogen-bond acceptors (Lipinski definition) is 2. The van der Waals surface area contributed by atoms with E-state index in [1.54, 1.807) is 0 Å². The van der Waals surface area contributed by atoms with Crippen LogP contribution in [0.3, 0.4) is 0 Å². The molecule has 1 heterocycles. The predicted molar refractivity (Wildman–Crippen MR) is 70.5 cm³/mol. The van der Waals surface area contributed by atoms with Crippen molar-refractivity contribution in [3.8, 4) is 0 Å². The van der Waals surface area contributed by atoms with Gasteiger partial charge in [0.05, 0.1) is 17.1 Å². The lowest BCUT2D eigenvalue weighted by atomic mass is 10.3. The molecule has 1 aromatic carbocycles. The summed E-state index contributed by atoms with van der Waals surface area (Å²) in [5, 5.41) is 4.02. The van der Waals surface area contributed by atoms with Crippen LogP contribution < -0.4 is 5.32 Å². The lowest BCUT2D eigenvalue weighted by molar-refractivity contribution is 0.565. The largest absolute Gasteiger partial charge is 0.324 e. The number of nitrogens with zero attached hydrogens (tertiary/aromatic N) is 2. The fourth-order valence-electron chi connectivity index (χ4n) is 2.24. The first kappa shape index (κ1) is 11.1. The van der Waals surface area contributed by atoms with Gasteiger partial charge in [-0.05, 0) is 45.0 Å². The quantitative estimate of drug-likeness (QED) is 0.905. The Bertz CT molecular complexity index is 557. The van der Waals surface area contributed by atoms with Gasteiger partial charge in [0, 0.05) is 11.1 Å². The molecule has 0 spiro atoms. The molecule has 1 atom stereocenters. The van der Waals surface area contributed by atoms with E-state index in [-0.39, 0.29) is 6.04 Å². The summed E-state index contributed by atoms with van der Waals surface area (Å²) in [7, 11) is 1.97. The van der Waals surface area contributed by atoms with Crippen molar-refractivity contribution in [3.05, 3.63) is 29.0 Å². The second kappa shape index (κ2) is 4.00. The molecule has 17 heavy (non-hydrogen) atoms. The Morgan fingerprint density at radius 1 is 1.47 bits per heavy atom. The summed E-state index contributed by atoms with van der Waals surface area (Å²) < 4.78 is 2.37. The smallest absolute Gasteiger partial charge is 0.127 e. The maximum atomic E-state index is 6.02. The van der Waals surface area contributed by atoms with Gasteiger partial charge in [0.2, 0.25) is 0 Å². The van der Waals surface area contributed by atoms with E-state index < -0.39 is 0 Å². The first-order chi connectivity index (χ1) is 8.20. The molecule has 0 aliphatic heterocycles. The Morgan fingerprint density at radius 2 is 2.24 bits per heavy atom. The fourth-order valence-corrected chi connectivity index (χ4v) is 2.41. The summed E-state index contributed by atoms with van der Waals surface area (Å²) >= 11 is 6.02. The van der Waals surface area contributed by atoms with Crippen molar-refractivity contribution >= 4 is 22.6 Å². The van der Waals surface area contributed by atoms with Crippen molar-refractivity contribution in [1.82, 2.24) is 14.9 Å². The van der Waals surface area contributed by atoms with Crippen LogP contribution >= 0.6 is 11.6 Å². The topological polar surface area (TPSA) is 29.9 Å². The second-order valence-corrected chi connectivity index (χ2v) is 5.15. The molecule has 1 fully saturated rings. The second-order valence-electron chi connectivity index (χ2n) is 4.71. The molecule has 0 saturated heterocycles. The van der Waals surface area contributed by atoms with Crippen LogP contribution in [0.25, 0.3) is 11.0 Å². The van der Waals surface area contributed by atoms with Crippen LogP contribution in [0.4, 0.5) is 0 Å². The third-order valence-electron chi connectivity index (χ3n) is 3.41. The van der Waals surface area contributed by atoms with E-state index in [2.05, 4.69) is 22.9 Å². The highest BCUT2D eigenvalue weighted by atomic mass is 35.5. The fraction of sp³-hybridized carbons (Fsp3) is 0.462. The van der Waals surface area contributed by atoms with Gasteiger partial charge < -0.3 is 9.88 Å². The first-order valence-electron chi connectivity index (χ1n) is 6.05. The molecule has 0 radical (unpaired) electrons. The van der Waals surface area contributed by atoms with Crippen molar-refractivity contribution in [2.45, 2.75) is 31.8 Å². The summed E-state index contributed by atoms with van der Waals surface area (Å²) in [6.07, 6.45) is 2.52. The van der Waals surface area contributed by atoms with E-state index in [1.165, 1.54) is 18.4 Å².